The molecule has 4 rings (SSSR count). The van der Waals surface area contributed by atoms with Crippen LogP contribution in [0, 0.1) is 6.92 Å². The minimum absolute atomic E-state index is 0.203. The van der Waals surface area contributed by atoms with Gasteiger partial charge in [-0.25, -0.2) is 9.79 Å². The number of furan rings is 1. The SMILES string of the molecule is CCOC(=O)C1=C(C)N=c2sc(=Cc3ccc(C)o3)c(=O)n2[C@H]1c1cccs1. The summed E-state index contributed by atoms with van der Waals surface area (Å²) in [5.41, 5.74) is 0.765. The van der Waals surface area contributed by atoms with E-state index < -0.39 is 12.0 Å². The summed E-state index contributed by atoms with van der Waals surface area (Å²) >= 11 is 2.78. The van der Waals surface area contributed by atoms with Crippen LogP contribution in [0.2, 0.25) is 0 Å². The quantitative estimate of drug-likeness (QED) is 0.616. The maximum atomic E-state index is 13.2. The van der Waals surface area contributed by atoms with Crippen LogP contribution >= 0.6 is 22.7 Å². The van der Waals surface area contributed by atoms with E-state index >= 15 is 0 Å². The lowest BCUT2D eigenvalue weighted by molar-refractivity contribution is -0.139. The predicted molar refractivity (Wildman–Crippen MR) is 108 cm³/mol. The van der Waals surface area contributed by atoms with Gasteiger partial charge in [0.1, 0.15) is 17.6 Å². The molecule has 8 heteroatoms. The third-order valence-corrected chi connectivity index (χ3v) is 6.27. The van der Waals surface area contributed by atoms with Gasteiger partial charge in [-0.3, -0.25) is 9.36 Å². The molecule has 3 aromatic heterocycles. The van der Waals surface area contributed by atoms with Crippen molar-refractivity contribution < 1.29 is 13.9 Å². The minimum atomic E-state index is -0.546. The lowest BCUT2D eigenvalue weighted by atomic mass is 10.0. The summed E-state index contributed by atoms with van der Waals surface area (Å²) in [6.07, 6.45) is 1.71. The van der Waals surface area contributed by atoms with Gasteiger partial charge in [0.05, 0.1) is 22.4 Å². The lowest BCUT2D eigenvalue weighted by Crippen LogP contribution is -2.39. The van der Waals surface area contributed by atoms with Crippen LogP contribution in [0.5, 0.6) is 0 Å². The van der Waals surface area contributed by atoms with Crippen molar-refractivity contribution in [2.75, 3.05) is 6.61 Å². The molecule has 4 heterocycles. The first-order chi connectivity index (χ1) is 13.5. The van der Waals surface area contributed by atoms with Crippen molar-refractivity contribution in [1.29, 1.82) is 0 Å². The molecule has 0 N–H and O–H groups in total. The maximum absolute atomic E-state index is 13.2. The first-order valence-electron chi connectivity index (χ1n) is 8.79. The zero-order chi connectivity index (χ0) is 19.8. The highest BCUT2D eigenvalue weighted by molar-refractivity contribution is 7.10. The number of esters is 1. The summed E-state index contributed by atoms with van der Waals surface area (Å²) in [5.74, 6) is 0.936. The first-order valence-corrected chi connectivity index (χ1v) is 10.5. The molecule has 0 bridgehead atoms. The van der Waals surface area contributed by atoms with Gasteiger partial charge in [0, 0.05) is 11.0 Å². The fourth-order valence-electron chi connectivity index (χ4n) is 3.17. The third kappa shape index (κ3) is 3.18. The molecule has 3 aromatic rings. The Morgan fingerprint density at radius 2 is 2.18 bits per heavy atom. The van der Waals surface area contributed by atoms with Crippen molar-refractivity contribution in [1.82, 2.24) is 4.57 Å². The molecule has 0 amide bonds. The molecule has 1 aliphatic heterocycles. The predicted octanol–water partition coefficient (Wildman–Crippen LogP) is 2.76. The summed E-state index contributed by atoms with van der Waals surface area (Å²) in [4.78, 5) is 31.9. The van der Waals surface area contributed by atoms with Crippen molar-refractivity contribution in [2.24, 2.45) is 4.99 Å². The van der Waals surface area contributed by atoms with Gasteiger partial charge in [0.2, 0.25) is 0 Å². The van der Waals surface area contributed by atoms with Crippen LogP contribution in [0.25, 0.3) is 6.08 Å². The normalized spacial score (nSPS) is 16.8. The summed E-state index contributed by atoms with van der Waals surface area (Å²) < 4.78 is 12.9. The number of aromatic nitrogens is 1. The second-order valence-corrected chi connectivity index (χ2v) is 8.25. The van der Waals surface area contributed by atoms with Gasteiger partial charge >= 0.3 is 5.97 Å². The highest BCUT2D eigenvalue weighted by atomic mass is 32.1. The summed E-state index contributed by atoms with van der Waals surface area (Å²) in [5, 5.41) is 1.93. The molecule has 0 aromatic carbocycles. The number of aryl methyl sites for hydroxylation is 1. The standard InChI is InChI=1S/C20H18N2O4S2/c1-4-25-19(24)16-12(3)21-20-22(17(16)14-6-5-9-27-14)18(23)15(28-20)10-13-8-7-11(2)26-13/h5-10,17H,4H2,1-3H3/t17-/m0/s1. The Bertz CT molecular complexity index is 1240. The molecule has 0 unspecified atom stereocenters. The molecular formula is C20H18N2O4S2. The monoisotopic (exact) mass is 414 g/mol. The number of hydrogen-bond acceptors (Lipinski definition) is 7. The number of rotatable bonds is 4. The van der Waals surface area contributed by atoms with Crippen molar-refractivity contribution in [3.05, 3.63) is 77.0 Å². The average molecular weight is 415 g/mol. The van der Waals surface area contributed by atoms with Crippen LogP contribution in [-0.4, -0.2) is 17.1 Å². The van der Waals surface area contributed by atoms with E-state index in [2.05, 4.69) is 4.99 Å². The Labute approximate surface area is 168 Å². The third-order valence-electron chi connectivity index (χ3n) is 4.36. The topological polar surface area (TPSA) is 73.8 Å². The van der Waals surface area contributed by atoms with Gasteiger partial charge < -0.3 is 9.15 Å². The lowest BCUT2D eigenvalue weighted by Gasteiger charge is -2.23. The number of allylic oxidation sites excluding steroid dienone is 1. The van der Waals surface area contributed by atoms with Crippen molar-refractivity contribution in [2.45, 2.75) is 26.8 Å². The molecule has 1 aliphatic rings. The first kappa shape index (κ1) is 18.6. The zero-order valence-corrected chi connectivity index (χ0v) is 17.2. The van der Waals surface area contributed by atoms with E-state index in [1.165, 1.54) is 22.7 Å². The van der Waals surface area contributed by atoms with Crippen molar-refractivity contribution in [3.8, 4) is 0 Å². The van der Waals surface area contributed by atoms with E-state index in [1.807, 2.05) is 36.6 Å². The van der Waals surface area contributed by atoms with Crippen LogP contribution in [0.3, 0.4) is 0 Å². The zero-order valence-electron chi connectivity index (χ0n) is 15.6. The Morgan fingerprint density at radius 1 is 1.36 bits per heavy atom. The highest BCUT2D eigenvalue weighted by Crippen LogP contribution is 2.33. The average Bonchev–Trinajstić information content (AvgIpc) is 3.37. The molecule has 1 atom stereocenters. The molecule has 0 fully saturated rings. The smallest absolute Gasteiger partial charge is 0.338 e. The number of carbonyl (C=O) groups is 1. The second kappa shape index (κ2) is 7.37. The molecule has 28 heavy (non-hydrogen) atoms. The van der Waals surface area contributed by atoms with Crippen LogP contribution in [0.15, 0.2) is 55.1 Å². The van der Waals surface area contributed by atoms with Crippen molar-refractivity contribution in [3.63, 3.8) is 0 Å². The fourth-order valence-corrected chi connectivity index (χ4v) is 5.02. The molecule has 0 saturated carbocycles. The largest absolute Gasteiger partial charge is 0.463 e. The molecule has 6 nitrogen and oxygen atoms in total. The number of thiazole rings is 1. The van der Waals surface area contributed by atoms with Crippen LogP contribution in [-0.2, 0) is 9.53 Å². The van der Waals surface area contributed by atoms with E-state index in [4.69, 9.17) is 9.15 Å². The van der Waals surface area contributed by atoms with Crippen LogP contribution in [0.1, 0.15) is 36.3 Å². The van der Waals surface area contributed by atoms with Gasteiger partial charge in [0.25, 0.3) is 5.56 Å². The molecular weight excluding hydrogens is 396 g/mol. The molecule has 0 saturated heterocycles. The number of fused-ring (bicyclic) bond motifs is 1. The molecule has 0 radical (unpaired) electrons. The summed E-state index contributed by atoms with van der Waals surface area (Å²) in [6.45, 7) is 5.65. The molecule has 0 spiro atoms. The van der Waals surface area contributed by atoms with Gasteiger partial charge in [-0.05, 0) is 44.4 Å². The van der Waals surface area contributed by atoms with E-state index in [0.717, 1.165) is 10.6 Å². The number of carbonyl (C=O) groups excluding carboxylic acids is 1. The number of hydrogen-bond donors (Lipinski definition) is 0. The molecule has 144 valence electrons. The van der Waals surface area contributed by atoms with Crippen molar-refractivity contribution >= 4 is 34.7 Å². The maximum Gasteiger partial charge on any atom is 0.338 e. The van der Waals surface area contributed by atoms with Gasteiger partial charge in [-0.15, -0.1) is 11.3 Å². The Kier molecular flexibility index (Phi) is 4.91. The summed E-state index contributed by atoms with van der Waals surface area (Å²) in [6, 6.07) is 6.94. The second-order valence-electron chi connectivity index (χ2n) is 6.27. The Morgan fingerprint density at radius 3 is 2.82 bits per heavy atom. The van der Waals surface area contributed by atoms with Crippen LogP contribution < -0.4 is 14.9 Å². The van der Waals surface area contributed by atoms with Crippen LogP contribution in [0.4, 0.5) is 0 Å². The van der Waals surface area contributed by atoms with Gasteiger partial charge in [-0.2, -0.15) is 0 Å². The minimum Gasteiger partial charge on any atom is -0.463 e. The summed E-state index contributed by atoms with van der Waals surface area (Å²) in [7, 11) is 0. The Balaban J connectivity index is 1.95. The van der Waals surface area contributed by atoms with E-state index in [-0.39, 0.29) is 12.2 Å². The number of nitrogens with zero attached hydrogens (tertiary/aromatic N) is 2. The molecule has 0 aliphatic carbocycles. The highest BCUT2D eigenvalue weighted by Gasteiger charge is 2.33. The van der Waals surface area contributed by atoms with Gasteiger partial charge in [0.15, 0.2) is 4.80 Å². The van der Waals surface area contributed by atoms with Gasteiger partial charge in [-0.1, -0.05) is 17.4 Å². The fraction of sp³-hybridized carbons (Fsp3) is 0.250. The van der Waals surface area contributed by atoms with E-state index in [9.17, 15) is 9.59 Å². The number of thiophene rings is 1. The van der Waals surface area contributed by atoms with E-state index in [0.29, 0.717) is 26.4 Å². The number of ether oxygens (including phenoxy) is 1. The Hall–Kier alpha value is -2.71. The van der Waals surface area contributed by atoms with E-state index in [1.54, 1.807) is 24.5 Å².